The fourth-order valence-electron chi connectivity index (χ4n) is 3.12. The number of nitro benzene ring substituents is 1. The summed E-state index contributed by atoms with van der Waals surface area (Å²) in [7, 11) is 0. The van der Waals surface area contributed by atoms with E-state index in [-0.39, 0.29) is 10.6 Å². The van der Waals surface area contributed by atoms with Crippen LogP contribution in [0.1, 0.15) is 39.0 Å². The summed E-state index contributed by atoms with van der Waals surface area (Å²) in [4.78, 5) is 15.9. The molecule has 0 aliphatic heterocycles. The third kappa shape index (κ3) is 5.01. The zero-order chi connectivity index (χ0) is 19.2. The van der Waals surface area contributed by atoms with Crippen LogP contribution in [0.5, 0.6) is 0 Å². The number of hydrogen-bond acceptors (Lipinski definition) is 5. The van der Waals surface area contributed by atoms with Crippen LogP contribution in [0.15, 0.2) is 51.9 Å². The maximum absolute atomic E-state index is 10.9. The van der Waals surface area contributed by atoms with Crippen molar-refractivity contribution in [1.82, 2.24) is 4.68 Å². The monoisotopic (exact) mass is 384 g/mol. The Bertz CT molecular complexity index is 903. The van der Waals surface area contributed by atoms with E-state index in [1.165, 1.54) is 55.6 Å². The molecular weight excluding hydrogens is 360 g/mol. The average molecular weight is 385 g/mol. The van der Waals surface area contributed by atoms with Gasteiger partial charge in [-0.2, -0.15) is 5.10 Å². The summed E-state index contributed by atoms with van der Waals surface area (Å²) in [6.07, 6.45) is 8.22. The van der Waals surface area contributed by atoms with Crippen molar-refractivity contribution in [3.63, 3.8) is 0 Å². The van der Waals surface area contributed by atoms with Gasteiger partial charge < -0.3 is 0 Å². The van der Waals surface area contributed by atoms with E-state index in [1.54, 1.807) is 12.1 Å². The fraction of sp³-hybridized carbons (Fsp3) is 0.400. The van der Waals surface area contributed by atoms with Crippen molar-refractivity contribution in [2.75, 3.05) is 6.54 Å². The van der Waals surface area contributed by atoms with Crippen LogP contribution in [0, 0.1) is 16.0 Å². The van der Waals surface area contributed by atoms with Crippen LogP contribution in [-0.2, 0) is 0 Å². The number of benzene rings is 1. The second-order valence-electron chi connectivity index (χ2n) is 6.96. The quantitative estimate of drug-likeness (QED) is 0.304. The van der Waals surface area contributed by atoms with E-state index in [2.05, 4.69) is 11.6 Å². The topological polar surface area (TPSA) is 72.8 Å². The maximum atomic E-state index is 10.9. The molecule has 2 aromatic rings. The van der Waals surface area contributed by atoms with Gasteiger partial charge in [-0.15, -0.1) is 11.3 Å². The highest BCUT2D eigenvalue weighted by Crippen LogP contribution is 2.24. The zero-order valence-corrected chi connectivity index (χ0v) is 16.3. The van der Waals surface area contributed by atoms with E-state index >= 15 is 0 Å². The second kappa shape index (κ2) is 8.90. The Labute approximate surface area is 162 Å². The normalized spacial score (nSPS) is 16.1. The molecule has 0 saturated heterocycles. The largest absolute Gasteiger partial charge is 0.269 e. The Morgan fingerprint density at radius 2 is 2.04 bits per heavy atom. The van der Waals surface area contributed by atoms with Gasteiger partial charge in [-0.3, -0.25) is 15.1 Å². The van der Waals surface area contributed by atoms with Crippen LogP contribution in [0.2, 0.25) is 0 Å². The van der Waals surface area contributed by atoms with Gasteiger partial charge in [-0.05, 0) is 37.8 Å². The van der Waals surface area contributed by atoms with E-state index in [0.29, 0.717) is 12.5 Å². The molecule has 7 heteroatoms. The first-order chi connectivity index (χ1) is 13.0. The van der Waals surface area contributed by atoms with Crippen molar-refractivity contribution in [3.05, 3.63) is 56.7 Å². The molecule has 0 spiro atoms. The molecule has 1 fully saturated rings. The van der Waals surface area contributed by atoms with Crippen LogP contribution in [0.4, 0.5) is 5.69 Å². The lowest BCUT2D eigenvalue weighted by atomic mass is 9.90. The molecule has 0 amide bonds. The van der Waals surface area contributed by atoms with Crippen molar-refractivity contribution < 1.29 is 4.92 Å². The standard InChI is InChI=1S/C20H24N4O2S/c1-15(2)12-21-20-23(22-13-16-6-4-3-5-7-16)19(14-27-20)17-8-10-18(11-9-17)24(25)26/h8-11,13-14,16H,1,3-7,12H2,2H3. The second-order valence-corrected chi connectivity index (χ2v) is 7.79. The summed E-state index contributed by atoms with van der Waals surface area (Å²) < 4.78 is 1.85. The first kappa shape index (κ1) is 19.2. The molecule has 1 aliphatic rings. The molecule has 0 atom stereocenters. The number of nitrogens with zero attached hydrogens (tertiary/aromatic N) is 4. The van der Waals surface area contributed by atoms with Crippen LogP contribution in [0.25, 0.3) is 11.3 Å². The highest BCUT2D eigenvalue weighted by molar-refractivity contribution is 7.07. The lowest BCUT2D eigenvalue weighted by Crippen LogP contribution is -2.15. The minimum atomic E-state index is -0.389. The van der Waals surface area contributed by atoms with Crippen molar-refractivity contribution >= 4 is 23.2 Å². The number of thiazole rings is 1. The fourth-order valence-corrected chi connectivity index (χ4v) is 3.96. The molecular formula is C20H24N4O2S. The number of nitro groups is 1. The predicted octanol–water partition coefficient (Wildman–Crippen LogP) is 5.02. The molecule has 27 heavy (non-hydrogen) atoms. The summed E-state index contributed by atoms with van der Waals surface area (Å²) in [5, 5.41) is 17.6. The molecule has 1 heterocycles. The van der Waals surface area contributed by atoms with Crippen LogP contribution in [-0.4, -0.2) is 22.4 Å². The van der Waals surface area contributed by atoms with Gasteiger partial charge in [0.15, 0.2) is 0 Å². The molecule has 3 rings (SSSR count). The predicted molar refractivity (Wildman–Crippen MR) is 110 cm³/mol. The molecule has 6 nitrogen and oxygen atoms in total. The van der Waals surface area contributed by atoms with Gasteiger partial charge in [-0.1, -0.05) is 31.4 Å². The first-order valence-corrected chi connectivity index (χ1v) is 10.1. The SMILES string of the molecule is C=C(C)CN=c1scc(-c2ccc([N+](=O)[O-])cc2)n1N=CC1CCCCC1. The summed E-state index contributed by atoms with van der Waals surface area (Å²) in [5.41, 5.74) is 2.85. The summed E-state index contributed by atoms with van der Waals surface area (Å²) >= 11 is 1.52. The lowest BCUT2D eigenvalue weighted by molar-refractivity contribution is -0.384. The molecule has 1 aliphatic carbocycles. The lowest BCUT2D eigenvalue weighted by Gasteiger charge is -2.17. The van der Waals surface area contributed by atoms with Gasteiger partial charge in [0.25, 0.3) is 5.69 Å². The Morgan fingerprint density at radius 3 is 2.67 bits per heavy atom. The van der Waals surface area contributed by atoms with E-state index in [4.69, 9.17) is 5.10 Å². The Hall–Kier alpha value is -2.54. The van der Waals surface area contributed by atoms with Crippen LogP contribution >= 0.6 is 11.3 Å². The van der Waals surface area contributed by atoms with Gasteiger partial charge in [0, 0.05) is 29.3 Å². The number of non-ortho nitro benzene ring substituents is 1. The Morgan fingerprint density at radius 1 is 1.33 bits per heavy atom. The Kier molecular flexibility index (Phi) is 6.34. The van der Waals surface area contributed by atoms with E-state index in [0.717, 1.165) is 21.6 Å². The third-order valence-electron chi connectivity index (χ3n) is 4.59. The maximum Gasteiger partial charge on any atom is 0.269 e. The molecule has 142 valence electrons. The summed E-state index contributed by atoms with van der Waals surface area (Å²) in [5.74, 6) is 0.504. The van der Waals surface area contributed by atoms with Gasteiger partial charge in [0.2, 0.25) is 4.80 Å². The Balaban J connectivity index is 1.97. The van der Waals surface area contributed by atoms with Crippen molar-refractivity contribution in [3.8, 4) is 11.3 Å². The number of rotatable bonds is 6. The highest BCUT2D eigenvalue weighted by Gasteiger charge is 2.13. The van der Waals surface area contributed by atoms with E-state index in [9.17, 15) is 10.1 Å². The molecule has 0 N–H and O–H groups in total. The van der Waals surface area contributed by atoms with E-state index in [1.807, 2.05) is 23.2 Å². The van der Waals surface area contributed by atoms with Gasteiger partial charge in [-0.25, -0.2) is 4.68 Å². The molecule has 1 aromatic carbocycles. The van der Waals surface area contributed by atoms with Crippen LogP contribution < -0.4 is 4.80 Å². The van der Waals surface area contributed by atoms with E-state index < -0.39 is 0 Å². The summed E-state index contributed by atoms with van der Waals surface area (Å²) in [6.45, 7) is 6.41. The summed E-state index contributed by atoms with van der Waals surface area (Å²) in [6, 6.07) is 6.56. The minimum Gasteiger partial charge on any atom is -0.258 e. The van der Waals surface area contributed by atoms with Crippen molar-refractivity contribution in [2.45, 2.75) is 39.0 Å². The number of hydrogen-bond donors (Lipinski definition) is 0. The number of aromatic nitrogens is 1. The van der Waals surface area contributed by atoms with Crippen LogP contribution in [0.3, 0.4) is 0 Å². The van der Waals surface area contributed by atoms with Gasteiger partial charge in [0.1, 0.15) is 0 Å². The van der Waals surface area contributed by atoms with Crippen molar-refractivity contribution in [1.29, 1.82) is 0 Å². The molecule has 1 aromatic heterocycles. The van der Waals surface area contributed by atoms with Gasteiger partial charge in [0.05, 0.1) is 17.2 Å². The average Bonchev–Trinajstić information content (AvgIpc) is 3.08. The zero-order valence-electron chi connectivity index (χ0n) is 15.5. The molecule has 0 bridgehead atoms. The molecule has 0 unspecified atom stereocenters. The smallest absolute Gasteiger partial charge is 0.258 e. The minimum absolute atomic E-state index is 0.0819. The first-order valence-electron chi connectivity index (χ1n) is 9.19. The molecule has 0 radical (unpaired) electrons. The van der Waals surface area contributed by atoms with Gasteiger partial charge >= 0.3 is 0 Å². The molecule has 1 saturated carbocycles. The van der Waals surface area contributed by atoms with Crippen molar-refractivity contribution in [2.24, 2.45) is 16.0 Å². The highest BCUT2D eigenvalue weighted by atomic mass is 32.1. The third-order valence-corrected chi connectivity index (χ3v) is 5.44.